The number of nitrogens with two attached hydrogens (primary N) is 1. The number of aromatic hydroxyl groups is 1. The fourth-order valence-corrected chi connectivity index (χ4v) is 3.90. The first-order chi connectivity index (χ1) is 12.9. The molecule has 6 heteroatoms. The van der Waals surface area contributed by atoms with Crippen LogP contribution in [0.15, 0.2) is 24.3 Å². The van der Waals surface area contributed by atoms with Gasteiger partial charge in [0, 0.05) is 29.5 Å². The fourth-order valence-electron chi connectivity index (χ4n) is 3.90. The first-order valence-electron chi connectivity index (χ1n) is 9.61. The summed E-state index contributed by atoms with van der Waals surface area (Å²) >= 11 is 0. The molecule has 1 aliphatic rings. The maximum atomic E-state index is 13.0. The van der Waals surface area contributed by atoms with Crippen LogP contribution in [-0.4, -0.2) is 38.5 Å². The van der Waals surface area contributed by atoms with Crippen LogP contribution >= 0.6 is 0 Å². The van der Waals surface area contributed by atoms with Gasteiger partial charge in [0.1, 0.15) is 5.75 Å². The summed E-state index contributed by atoms with van der Waals surface area (Å²) in [4.78, 5) is 23.5. The van der Waals surface area contributed by atoms with Gasteiger partial charge in [-0.05, 0) is 63.6 Å². The Hall–Kier alpha value is -2.63. The van der Waals surface area contributed by atoms with E-state index < -0.39 is 0 Å². The molecule has 3 N–H and O–H groups in total. The highest BCUT2D eigenvalue weighted by Gasteiger charge is 2.27. The number of phenolic OH excluding ortho intramolecular Hbond substituents is 1. The minimum atomic E-state index is 0.143. The van der Waals surface area contributed by atoms with Gasteiger partial charge in [0.15, 0.2) is 0 Å². The molecule has 2 heterocycles. The SMILES string of the molecule is Cc1nc(N)nc(C)c1CC(=O)N1CCCC[C@@H]1CCc1ccc(O)cc1. The van der Waals surface area contributed by atoms with E-state index in [1.165, 1.54) is 5.56 Å². The second-order valence-corrected chi connectivity index (χ2v) is 7.35. The highest BCUT2D eigenvalue weighted by atomic mass is 16.3. The Morgan fingerprint density at radius 2 is 1.85 bits per heavy atom. The van der Waals surface area contributed by atoms with Gasteiger partial charge < -0.3 is 15.7 Å². The van der Waals surface area contributed by atoms with E-state index in [2.05, 4.69) is 9.97 Å². The first kappa shape index (κ1) is 19.1. The molecule has 0 bridgehead atoms. The lowest BCUT2D eigenvalue weighted by molar-refractivity contribution is -0.134. The summed E-state index contributed by atoms with van der Waals surface area (Å²) in [5.41, 5.74) is 9.33. The van der Waals surface area contributed by atoms with Gasteiger partial charge in [-0.1, -0.05) is 12.1 Å². The maximum Gasteiger partial charge on any atom is 0.227 e. The highest BCUT2D eigenvalue weighted by Crippen LogP contribution is 2.24. The highest BCUT2D eigenvalue weighted by molar-refractivity contribution is 5.79. The van der Waals surface area contributed by atoms with Gasteiger partial charge in [-0.2, -0.15) is 0 Å². The average molecular weight is 368 g/mol. The van der Waals surface area contributed by atoms with E-state index >= 15 is 0 Å². The zero-order chi connectivity index (χ0) is 19.4. The van der Waals surface area contributed by atoms with Crippen molar-refractivity contribution in [2.45, 2.75) is 58.4 Å². The summed E-state index contributed by atoms with van der Waals surface area (Å²) in [6.07, 6.45) is 5.42. The van der Waals surface area contributed by atoms with Crippen molar-refractivity contribution in [1.82, 2.24) is 14.9 Å². The molecule has 0 radical (unpaired) electrons. The van der Waals surface area contributed by atoms with Crippen LogP contribution in [0, 0.1) is 13.8 Å². The van der Waals surface area contributed by atoms with E-state index in [1.54, 1.807) is 12.1 Å². The van der Waals surface area contributed by atoms with E-state index in [0.29, 0.717) is 6.42 Å². The summed E-state index contributed by atoms with van der Waals surface area (Å²) in [6.45, 7) is 4.57. The van der Waals surface area contributed by atoms with Crippen LogP contribution < -0.4 is 5.73 Å². The molecule has 1 aliphatic heterocycles. The molecule has 1 atom stereocenters. The Morgan fingerprint density at radius 3 is 2.52 bits per heavy atom. The van der Waals surface area contributed by atoms with Crippen LogP contribution in [0.3, 0.4) is 0 Å². The van der Waals surface area contributed by atoms with Crippen molar-refractivity contribution in [2.75, 3.05) is 12.3 Å². The second kappa shape index (κ2) is 8.37. The Labute approximate surface area is 160 Å². The van der Waals surface area contributed by atoms with E-state index in [-0.39, 0.29) is 23.6 Å². The molecule has 0 spiro atoms. The number of aromatic nitrogens is 2. The molecule has 2 aromatic rings. The number of hydrogen-bond acceptors (Lipinski definition) is 5. The predicted octanol–water partition coefficient (Wildman–Crippen LogP) is 2.94. The van der Waals surface area contributed by atoms with Crippen molar-refractivity contribution >= 4 is 11.9 Å². The first-order valence-corrected chi connectivity index (χ1v) is 9.61. The van der Waals surface area contributed by atoms with Gasteiger partial charge in [0.05, 0.1) is 6.42 Å². The molecular formula is C21H28N4O2. The zero-order valence-electron chi connectivity index (χ0n) is 16.1. The molecule has 1 saturated heterocycles. The number of rotatable bonds is 5. The third kappa shape index (κ3) is 4.76. The Morgan fingerprint density at radius 1 is 1.19 bits per heavy atom. The minimum Gasteiger partial charge on any atom is -0.508 e. The molecule has 0 aliphatic carbocycles. The quantitative estimate of drug-likeness (QED) is 0.846. The third-order valence-electron chi connectivity index (χ3n) is 5.42. The van der Waals surface area contributed by atoms with E-state index in [0.717, 1.165) is 55.6 Å². The van der Waals surface area contributed by atoms with Crippen LogP contribution in [0.2, 0.25) is 0 Å². The summed E-state index contributed by atoms with van der Waals surface area (Å²) in [6, 6.07) is 7.58. The van der Waals surface area contributed by atoms with Gasteiger partial charge in [-0.25, -0.2) is 9.97 Å². The van der Waals surface area contributed by atoms with Gasteiger partial charge in [-0.3, -0.25) is 4.79 Å². The van der Waals surface area contributed by atoms with Crippen LogP contribution in [0.4, 0.5) is 5.95 Å². The van der Waals surface area contributed by atoms with Gasteiger partial charge in [0.2, 0.25) is 11.9 Å². The standard InChI is InChI=1S/C21H28N4O2/c1-14-19(15(2)24-21(22)23-14)13-20(27)25-12-4-3-5-17(25)9-6-16-7-10-18(26)11-8-16/h7-8,10-11,17,26H,3-6,9,12-13H2,1-2H3,(H2,22,23,24)/t17-/m1/s1. The molecular weight excluding hydrogens is 340 g/mol. The van der Waals surface area contributed by atoms with Crippen molar-refractivity contribution in [2.24, 2.45) is 0 Å². The number of likely N-dealkylation sites (tertiary alicyclic amines) is 1. The molecule has 0 unspecified atom stereocenters. The van der Waals surface area contributed by atoms with Crippen molar-refractivity contribution in [3.63, 3.8) is 0 Å². The number of nitrogen functional groups attached to an aromatic ring is 1. The summed E-state index contributed by atoms with van der Waals surface area (Å²) in [5.74, 6) is 0.681. The Balaban J connectivity index is 1.67. The van der Waals surface area contributed by atoms with Crippen LogP contribution in [0.25, 0.3) is 0 Å². The van der Waals surface area contributed by atoms with Crippen molar-refractivity contribution in [1.29, 1.82) is 0 Å². The number of carbonyl (C=O) groups excluding carboxylic acids is 1. The number of anilines is 1. The number of amides is 1. The summed E-state index contributed by atoms with van der Waals surface area (Å²) in [7, 11) is 0. The molecule has 1 aromatic carbocycles. The van der Waals surface area contributed by atoms with Crippen molar-refractivity contribution in [3.8, 4) is 5.75 Å². The number of piperidine rings is 1. The molecule has 1 aromatic heterocycles. The van der Waals surface area contributed by atoms with Crippen LogP contribution in [0.5, 0.6) is 5.75 Å². The number of phenols is 1. The smallest absolute Gasteiger partial charge is 0.227 e. The lowest BCUT2D eigenvalue weighted by Gasteiger charge is -2.36. The molecule has 1 fully saturated rings. The Bertz CT molecular complexity index is 781. The topological polar surface area (TPSA) is 92.3 Å². The van der Waals surface area contributed by atoms with Gasteiger partial charge in [0.25, 0.3) is 0 Å². The number of carbonyl (C=O) groups is 1. The van der Waals surface area contributed by atoms with E-state index in [9.17, 15) is 9.90 Å². The normalized spacial score (nSPS) is 17.1. The molecule has 27 heavy (non-hydrogen) atoms. The number of aryl methyl sites for hydroxylation is 3. The largest absolute Gasteiger partial charge is 0.508 e. The van der Waals surface area contributed by atoms with Crippen LogP contribution in [-0.2, 0) is 17.6 Å². The van der Waals surface area contributed by atoms with Gasteiger partial charge >= 0.3 is 0 Å². The lowest BCUT2D eigenvalue weighted by Crippen LogP contribution is -2.44. The Kier molecular flexibility index (Phi) is 5.94. The minimum absolute atomic E-state index is 0.143. The zero-order valence-corrected chi connectivity index (χ0v) is 16.1. The fraction of sp³-hybridized carbons (Fsp3) is 0.476. The average Bonchev–Trinajstić information content (AvgIpc) is 2.64. The molecule has 3 rings (SSSR count). The van der Waals surface area contributed by atoms with E-state index in [4.69, 9.17) is 5.73 Å². The third-order valence-corrected chi connectivity index (χ3v) is 5.42. The number of hydrogen-bond donors (Lipinski definition) is 2. The predicted molar refractivity (Wildman–Crippen MR) is 105 cm³/mol. The number of nitrogens with zero attached hydrogens (tertiary/aromatic N) is 3. The van der Waals surface area contributed by atoms with Crippen molar-refractivity contribution in [3.05, 3.63) is 46.8 Å². The van der Waals surface area contributed by atoms with E-state index in [1.807, 2.05) is 30.9 Å². The maximum absolute atomic E-state index is 13.0. The van der Waals surface area contributed by atoms with Crippen LogP contribution in [0.1, 0.15) is 48.2 Å². The van der Waals surface area contributed by atoms with Crippen molar-refractivity contribution < 1.29 is 9.90 Å². The lowest BCUT2D eigenvalue weighted by atomic mass is 9.95. The monoisotopic (exact) mass is 368 g/mol. The second-order valence-electron chi connectivity index (χ2n) is 7.35. The molecule has 0 saturated carbocycles. The molecule has 1 amide bonds. The number of benzene rings is 1. The molecule has 6 nitrogen and oxygen atoms in total. The summed E-state index contributed by atoms with van der Waals surface area (Å²) in [5, 5.41) is 9.42. The molecule has 144 valence electrons. The summed E-state index contributed by atoms with van der Waals surface area (Å²) < 4.78 is 0. The van der Waals surface area contributed by atoms with Gasteiger partial charge in [-0.15, -0.1) is 0 Å².